The number of amides is 1. The van der Waals surface area contributed by atoms with E-state index in [1.807, 2.05) is 29.3 Å². The van der Waals surface area contributed by atoms with E-state index >= 15 is 0 Å². The highest BCUT2D eigenvalue weighted by Gasteiger charge is 2.44. The molecule has 7 nitrogen and oxygen atoms in total. The van der Waals surface area contributed by atoms with Crippen LogP contribution in [0.2, 0.25) is 0 Å². The Balaban J connectivity index is 1.39. The molecule has 2 aromatic rings. The summed E-state index contributed by atoms with van der Waals surface area (Å²) in [6.07, 6.45) is 4.22. The summed E-state index contributed by atoms with van der Waals surface area (Å²) in [5.41, 5.74) is 4.54. The summed E-state index contributed by atoms with van der Waals surface area (Å²) in [5, 5.41) is 6.22. The van der Waals surface area contributed by atoms with Crippen molar-refractivity contribution in [2.45, 2.75) is 31.6 Å². The van der Waals surface area contributed by atoms with Gasteiger partial charge in [0.25, 0.3) is 0 Å². The largest absolute Gasteiger partial charge is 0.493 e. The molecule has 6 rings (SSSR count). The van der Waals surface area contributed by atoms with Gasteiger partial charge in [0.2, 0.25) is 11.9 Å². The number of halogens is 1. The van der Waals surface area contributed by atoms with Gasteiger partial charge in [0.05, 0.1) is 25.5 Å². The molecule has 0 aliphatic carbocycles. The standard InChI is InChI=1S/C23H20FN5O2/c24-18-5-6-19-15(7-8-31-19)16(18)10-26-23-27-11-17-14-4-2-1-3-13(14)9-25-22(30)20-21(17)29(23)12-28-20/h1-6,11-12,20-21H,7-10H2,(H,25,30)(H,26,27). The Morgan fingerprint density at radius 2 is 2.16 bits per heavy atom. The second-order valence-corrected chi connectivity index (χ2v) is 7.92. The molecule has 4 heterocycles. The van der Waals surface area contributed by atoms with Gasteiger partial charge >= 0.3 is 0 Å². The van der Waals surface area contributed by atoms with Crippen LogP contribution in [0.25, 0.3) is 5.57 Å². The van der Waals surface area contributed by atoms with Crippen LogP contribution in [-0.2, 0) is 24.3 Å². The van der Waals surface area contributed by atoms with Crippen molar-refractivity contribution in [3.63, 3.8) is 0 Å². The lowest BCUT2D eigenvalue weighted by atomic mass is 9.88. The van der Waals surface area contributed by atoms with E-state index in [0.717, 1.165) is 28.0 Å². The minimum absolute atomic E-state index is 0.116. The molecule has 2 unspecified atom stereocenters. The van der Waals surface area contributed by atoms with Gasteiger partial charge in [-0.3, -0.25) is 14.7 Å². The highest BCUT2D eigenvalue weighted by atomic mass is 19.1. The third-order valence-electron chi connectivity index (χ3n) is 6.25. The minimum atomic E-state index is -0.557. The Morgan fingerprint density at radius 1 is 1.26 bits per heavy atom. The van der Waals surface area contributed by atoms with Crippen LogP contribution in [0.3, 0.4) is 0 Å². The summed E-state index contributed by atoms with van der Waals surface area (Å²) >= 11 is 0. The number of fused-ring (bicyclic) bond motifs is 3. The van der Waals surface area contributed by atoms with Crippen molar-refractivity contribution in [1.29, 1.82) is 0 Å². The number of ether oxygens (including phenoxy) is 1. The smallest absolute Gasteiger partial charge is 0.247 e. The quantitative estimate of drug-likeness (QED) is 0.783. The zero-order valence-corrected chi connectivity index (χ0v) is 16.6. The lowest BCUT2D eigenvalue weighted by molar-refractivity contribution is -0.122. The number of nitrogens with one attached hydrogen (secondary N) is 2. The highest BCUT2D eigenvalue weighted by molar-refractivity contribution is 6.03. The number of nitrogens with zero attached hydrogens (tertiary/aromatic N) is 3. The third-order valence-corrected chi connectivity index (χ3v) is 6.25. The molecule has 156 valence electrons. The maximum Gasteiger partial charge on any atom is 0.247 e. The topological polar surface area (TPSA) is 78.3 Å². The van der Waals surface area contributed by atoms with E-state index in [0.29, 0.717) is 31.1 Å². The first-order valence-electron chi connectivity index (χ1n) is 10.3. The normalized spacial score (nSPS) is 24.3. The summed E-state index contributed by atoms with van der Waals surface area (Å²) in [4.78, 5) is 23.8. The Morgan fingerprint density at radius 3 is 3.10 bits per heavy atom. The van der Waals surface area contributed by atoms with Crippen molar-refractivity contribution in [1.82, 2.24) is 15.5 Å². The molecule has 2 N–H and O–H groups in total. The van der Waals surface area contributed by atoms with Gasteiger partial charge in [0.1, 0.15) is 11.6 Å². The van der Waals surface area contributed by atoms with Crippen molar-refractivity contribution in [3.8, 4) is 5.75 Å². The molecule has 0 fully saturated rings. The first-order chi connectivity index (χ1) is 15.2. The molecule has 0 saturated carbocycles. The maximum absolute atomic E-state index is 14.5. The average molecular weight is 417 g/mol. The van der Waals surface area contributed by atoms with Crippen LogP contribution >= 0.6 is 0 Å². The number of hydrogen-bond acceptors (Lipinski definition) is 4. The molecule has 0 saturated heterocycles. The summed E-state index contributed by atoms with van der Waals surface area (Å²) in [6, 6.07) is 10.3. The number of carbonyl (C=O) groups excluding carboxylic acids is 1. The lowest BCUT2D eigenvalue weighted by Crippen LogP contribution is -2.54. The molecule has 0 bridgehead atoms. The van der Waals surface area contributed by atoms with E-state index in [1.54, 1.807) is 12.4 Å². The summed E-state index contributed by atoms with van der Waals surface area (Å²) in [5.74, 6) is 0.871. The minimum Gasteiger partial charge on any atom is -0.493 e. The number of rotatable bonds is 2. The number of benzene rings is 2. The van der Waals surface area contributed by atoms with Gasteiger partial charge in [-0.05, 0) is 23.3 Å². The van der Waals surface area contributed by atoms with Crippen LogP contribution < -0.4 is 15.4 Å². The van der Waals surface area contributed by atoms with Crippen LogP contribution in [0.4, 0.5) is 4.39 Å². The Hall–Kier alpha value is -3.68. The molecule has 4 aliphatic rings. The van der Waals surface area contributed by atoms with E-state index in [2.05, 4.69) is 26.7 Å². The average Bonchev–Trinajstić information content (AvgIpc) is 3.44. The number of guanidine groups is 1. The van der Waals surface area contributed by atoms with E-state index in [-0.39, 0.29) is 24.3 Å². The second kappa shape index (κ2) is 6.94. The molecule has 8 heteroatoms. The fourth-order valence-corrected chi connectivity index (χ4v) is 4.72. The van der Waals surface area contributed by atoms with Gasteiger partial charge in [-0.15, -0.1) is 0 Å². The van der Waals surface area contributed by atoms with Crippen molar-refractivity contribution in [3.05, 3.63) is 70.7 Å². The van der Waals surface area contributed by atoms with Crippen LogP contribution in [0.5, 0.6) is 5.75 Å². The fraction of sp³-hybridized carbons (Fsp3) is 0.261. The molecule has 2 aromatic carbocycles. The second-order valence-electron chi connectivity index (χ2n) is 7.92. The van der Waals surface area contributed by atoms with Gasteiger partial charge in [-0.25, -0.2) is 9.38 Å². The van der Waals surface area contributed by atoms with Crippen molar-refractivity contribution in [2.75, 3.05) is 6.61 Å². The summed E-state index contributed by atoms with van der Waals surface area (Å²) in [6.45, 7) is 1.20. The molecule has 0 radical (unpaired) electrons. The molecule has 4 aliphatic heterocycles. The Bertz CT molecular complexity index is 1190. The molecule has 2 atom stereocenters. The van der Waals surface area contributed by atoms with Gasteiger partial charge in [-0.1, -0.05) is 24.3 Å². The number of carbonyl (C=O) groups is 1. The maximum atomic E-state index is 14.5. The van der Waals surface area contributed by atoms with E-state index in [1.165, 1.54) is 6.07 Å². The van der Waals surface area contributed by atoms with Crippen molar-refractivity contribution in [2.24, 2.45) is 9.98 Å². The Labute approximate surface area is 178 Å². The van der Waals surface area contributed by atoms with Gasteiger partial charge in [0, 0.05) is 35.9 Å². The summed E-state index contributed by atoms with van der Waals surface area (Å²) in [7, 11) is 0. The predicted octanol–water partition coefficient (Wildman–Crippen LogP) is 1.97. The molecule has 1 amide bonds. The highest BCUT2D eigenvalue weighted by Crippen LogP contribution is 2.35. The van der Waals surface area contributed by atoms with Crippen LogP contribution in [0.15, 0.2) is 52.6 Å². The van der Waals surface area contributed by atoms with Gasteiger partial charge in [0.15, 0.2) is 6.04 Å². The molecule has 31 heavy (non-hydrogen) atoms. The number of hydrogen-bond donors (Lipinski definition) is 2. The molecular weight excluding hydrogens is 397 g/mol. The summed E-state index contributed by atoms with van der Waals surface area (Å²) < 4.78 is 20.1. The van der Waals surface area contributed by atoms with Crippen LogP contribution in [-0.4, -0.2) is 41.8 Å². The zero-order valence-electron chi connectivity index (χ0n) is 16.6. The van der Waals surface area contributed by atoms with E-state index in [9.17, 15) is 9.18 Å². The number of aliphatic imine (C=N–C) groups is 2. The zero-order chi connectivity index (χ0) is 20.9. The van der Waals surface area contributed by atoms with Crippen LogP contribution in [0, 0.1) is 5.82 Å². The van der Waals surface area contributed by atoms with Gasteiger partial charge in [-0.2, -0.15) is 0 Å². The first kappa shape index (κ1) is 18.1. The molecule has 0 spiro atoms. The van der Waals surface area contributed by atoms with E-state index < -0.39 is 6.04 Å². The molecular formula is C23H20FN5O2. The van der Waals surface area contributed by atoms with Crippen molar-refractivity contribution < 1.29 is 13.9 Å². The monoisotopic (exact) mass is 417 g/mol. The fourth-order valence-electron chi connectivity index (χ4n) is 4.72. The Kier molecular flexibility index (Phi) is 4.05. The first-order valence-corrected chi connectivity index (χ1v) is 10.3. The SMILES string of the molecule is O=C1NCc2ccccc2C2=CNC(=NCc3c(F)ccc4c3CCO4)N3C=NC1C23. The molecule has 0 aromatic heterocycles. The predicted molar refractivity (Wildman–Crippen MR) is 114 cm³/mol. The third kappa shape index (κ3) is 2.82. The van der Waals surface area contributed by atoms with Crippen LogP contribution in [0.1, 0.15) is 22.3 Å². The van der Waals surface area contributed by atoms with E-state index in [4.69, 9.17) is 4.74 Å². The van der Waals surface area contributed by atoms with Crippen molar-refractivity contribution >= 4 is 23.8 Å². The van der Waals surface area contributed by atoms with Gasteiger partial charge < -0.3 is 15.4 Å². The lowest BCUT2D eigenvalue weighted by Gasteiger charge is -2.36.